The summed E-state index contributed by atoms with van der Waals surface area (Å²) in [4.78, 5) is 46.5. The van der Waals surface area contributed by atoms with E-state index >= 15 is 4.79 Å². The number of carbonyl (C=O) groups excluding carboxylic acids is 3. The number of aliphatic hydroxyl groups is 1. The molecule has 1 N–H and O–H groups in total. The number of unbranched alkanes of at least 4 members (excludes halogenated alkanes) is 1. The molecule has 0 saturated carbocycles. The van der Waals surface area contributed by atoms with Crippen LogP contribution in [0.15, 0.2) is 73.8 Å². The van der Waals surface area contributed by atoms with E-state index in [1.807, 2.05) is 62.4 Å². The summed E-state index contributed by atoms with van der Waals surface area (Å²) in [6.07, 6.45) is 5.38. The smallest absolute Gasteiger partial charge is 0.310 e. The molecule has 3 unspecified atom stereocenters. The van der Waals surface area contributed by atoms with Crippen molar-refractivity contribution in [3.05, 3.63) is 90.5 Å². The Kier molecular flexibility index (Phi) is 9.54. The van der Waals surface area contributed by atoms with Crippen LogP contribution in [0.3, 0.4) is 0 Å². The molecule has 0 radical (unpaired) electrons. The minimum absolute atomic E-state index is 0.0830. The van der Waals surface area contributed by atoms with Crippen molar-refractivity contribution in [2.45, 2.75) is 60.0 Å². The Morgan fingerprint density at radius 2 is 1.95 bits per heavy atom. The van der Waals surface area contributed by atoms with Crippen LogP contribution >= 0.6 is 27.7 Å². The molecule has 3 fully saturated rings. The van der Waals surface area contributed by atoms with Crippen LogP contribution in [-0.4, -0.2) is 68.4 Å². The van der Waals surface area contributed by atoms with E-state index in [1.165, 1.54) is 0 Å². The molecule has 0 aromatic heterocycles. The van der Waals surface area contributed by atoms with Crippen LogP contribution in [0, 0.1) is 25.7 Å². The lowest BCUT2D eigenvalue weighted by Gasteiger charge is -2.40. The van der Waals surface area contributed by atoms with Crippen molar-refractivity contribution in [2.24, 2.45) is 11.8 Å². The molecule has 9 heteroatoms. The number of carbonyl (C=O) groups is 3. The van der Waals surface area contributed by atoms with Crippen molar-refractivity contribution >= 4 is 51.2 Å². The van der Waals surface area contributed by atoms with Gasteiger partial charge in [0.1, 0.15) is 6.04 Å². The van der Waals surface area contributed by atoms with Gasteiger partial charge in [0.15, 0.2) is 0 Å². The number of esters is 1. The van der Waals surface area contributed by atoms with E-state index in [-0.39, 0.29) is 41.6 Å². The lowest BCUT2D eigenvalue weighted by molar-refractivity contribution is -0.154. The van der Waals surface area contributed by atoms with Gasteiger partial charge in [0.05, 0.1) is 35.8 Å². The molecule has 1 spiro atoms. The van der Waals surface area contributed by atoms with Gasteiger partial charge in [0.25, 0.3) is 5.91 Å². The summed E-state index contributed by atoms with van der Waals surface area (Å²) in [6, 6.07) is 13.6. The second-order valence-corrected chi connectivity index (χ2v) is 14.4. The maximum Gasteiger partial charge on any atom is 0.310 e. The first-order valence-corrected chi connectivity index (χ1v) is 16.6. The summed E-state index contributed by atoms with van der Waals surface area (Å²) < 4.78 is 4.84. The minimum Gasteiger partial charge on any atom is -0.465 e. The molecular weight excluding hydrogens is 628 g/mol. The Balaban J connectivity index is 1.63. The number of thioether (sulfide) groups is 1. The Morgan fingerprint density at radius 1 is 1.21 bits per heavy atom. The third kappa shape index (κ3) is 5.49. The van der Waals surface area contributed by atoms with Crippen molar-refractivity contribution in [3.8, 4) is 0 Å². The predicted molar refractivity (Wildman–Crippen MR) is 174 cm³/mol. The zero-order valence-corrected chi connectivity index (χ0v) is 27.1. The number of nitrogens with zero attached hydrogens (tertiary/aromatic N) is 2. The van der Waals surface area contributed by atoms with Gasteiger partial charge < -0.3 is 19.6 Å². The quantitative estimate of drug-likeness (QED) is 0.139. The summed E-state index contributed by atoms with van der Waals surface area (Å²) in [5.74, 6) is -2.39. The minimum atomic E-state index is -0.921. The number of rotatable bonds is 12. The monoisotopic (exact) mass is 666 g/mol. The number of allylic oxidation sites excluding steroid dienone is 1. The third-order valence-electron chi connectivity index (χ3n) is 8.96. The molecule has 3 heterocycles. The fraction of sp³-hybridized carbons (Fsp3) is 0.441. The second-order valence-electron chi connectivity index (χ2n) is 11.6. The lowest BCUT2D eigenvalue weighted by Crippen LogP contribution is -2.56. The first-order valence-electron chi connectivity index (χ1n) is 14.8. The standard InChI is InChI=1S/C34H39BrN2O5S/c1-5-7-11-17-42-33(41)27-28-31(39)37(26(20-38)23-12-9-8-10-13-23)30(34(28)19-24(35)29(27)43-34)32(40)36(16-6-2)25-18-21(3)14-15-22(25)4/h5-6,8-10,12-15,18,24,26-30,38H,1-2,7,11,16-17,19-20H2,3-4H3/t24?,26-,27-,28+,29-,30?,34?/m1/s1. The number of fused-ring (bicyclic) bond motifs is 1. The summed E-state index contributed by atoms with van der Waals surface area (Å²) in [5, 5.41) is 10.6. The van der Waals surface area contributed by atoms with Gasteiger partial charge in [0.2, 0.25) is 5.91 Å². The highest BCUT2D eigenvalue weighted by Crippen LogP contribution is 2.68. The fourth-order valence-electron chi connectivity index (χ4n) is 7.07. The zero-order valence-electron chi connectivity index (χ0n) is 24.7. The van der Waals surface area contributed by atoms with Crippen LogP contribution in [0.25, 0.3) is 0 Å². The molecule has 2 aromatic rings. The van der Waals surface area contributed by atoms with Crippen molar-refractivity contribution < 1.29 is 24.2 Å². The van der Waals surface area contributed by atoms with Crippen molar-refractivity contribution in [1.29, 1.82) is 0 Å². The van der Waals surface area contributed by atoms with Crippen LogP contribution in [0.4, 0.5) is 5.69 Å². The van der Waals surface area contributed by atoms with Crippen LogP contribution < -0.4 is 4.90 Å². The molecule has 7 nitrogen and oxygen atoms in total. The number of aliphatic hydroxyl groups excluding tert-OH is 1. The lowest BCUT2D eigenvalue weighted by atomic mass is 9.71. The number of amides is 2. The van der Waals surface area contributed by atoms with Crippen molar-refractivity contribution in [3.63, 3.8) is 0 Å². The van der Waals surface area contributed by atoms with E-state index in [4.69, 9.17) is 4.74 Å². The molecule has 2 amide bonds. The normalized spacial score (nSPS) is 28.0. The Morgan fingerprint density at radius 3 is 2.63 bits per heavy atom. The van der Waals surface area contributed by atoms with E-state index in [0.29, 0.717) is 12.8 Å². The highest BCUT2D eigenvalue weighted by molar-refractivity contribution is 9.09. The molecule has 3 aliphatic rings. The topological polar surface area (TPSA) is 87.2 Å². The molecule has 2 aromatic carbocycles. The zero-order chi connectivity index (χ0) is 30.9. The Hall–Kier alpha value is -2.88. The molecule has 228 valence electrons. The van der Waals surface area contributed by atoms with E-state index < -0.39 is 34.6 Å². The number of ether oxygens (including phenoxy) is 1. The van der Waals surface area contributed by atoms with Crippen LogP contribution in [0.5, 0.6) is 0 Å². The molecule has 5 rings (SSSR count). The van der Waals surface area contributed by atoms with Gasteiger partial charge in [0, 0.05) is 22.3 Å². The highest BCUT2D eigenvalue weighted by Gasteiger charge is 2.76. The van der Waals surface area contributed by atoms with Crippen molar-refractivity contribution in [2.75, 3.05) is 24.7 Å². The number of likely N-dealkylation sites (tertiary alicyclic amines) is 1. The average Bonchev–Trinajstić information content (AvgIpc) is 3.59. The SMILES string of the molecule is C=CCCCOC(=O)[C@H]1[C@@H]2SC3(CC2Br)C(C(=O)N(CC=C)c2cc(C)ccc2C)N([C@H](CO)c2ccccc2)C(=O)[C@H]13. The highest BCUT2D eigenvalue weighted by atomic mass is 79.9. The van der Waals surface area contributed by atoms with E-state index in [9.17, 15) is 14.7 Å². The Labute approximate surface area is 266 Å². The van der Waals surface area contributed by atoms with E-state index in [1.54, 1.807) is 33.7 Å². The molecule has 3 aliphatic heterocycles. The molecular formula is C34H39BrN2O5S. The molecule has 43 heavy (non-hydrogen) atoms. The van der Waals surface area contributed by atoms with Gasteiger partial charge in [-0.05, 0) is 55.9 Å². The van der Waals surface area contributed by atoms with Crippen LogP contribution in [0.1, 0.15) is 42.0 Å². The number of hydrogen-bond donors (Lipinski definition) is 1. The van der Waals surface area contributed by atoms with Crippen LogP contribution in [-0.2, 0) is 19.1 Å². The van der Waals surface area contributed by atoms with Gasteiger partial charge in [-0.3, -0.25) is 14.4 Å². The second kappa shape index (κ2) is 13.0. The Bertz CT molecular complexity index is 1400. The molecule has 2 bridgehead atoms. The van der Waals surface area contributed by atoms with Gasteiger partial charge >= 0.3 is 5.97 Å². The summed E-state index contributed by atoms with van der Waals surface area (Å²) in [5.41, 5.74) is 3.41. The summed E-state index contributed by atoms with van der Waals surface area (Å²) >= 11 is 5.38. The number of alkyl halides is 1. The number of anilines is 1. The maximum absolute atomic E-state index is 15.0. The van der Waals surface area contributed by atoms with Gasteiger partial charge in [-0.1, -0.05) is 70.5 Å². The largest absolute Gasteiger partial charge is 0.465 e. The number of benzene rings is 2. The molecule has 3 saturated heterocycles. The van der Waals surface area contributed by atoms with Gasteiger partial charge in [-0.15, -0.1) is 24.9 Å². The third-order valence-corrected chi connectivity index (χ3v) is 12.2. The van der Waals surface area contributed by atoms with Crippen LogP contribution in [0.2, 0.25) is 0 Å². The number of aryl methyl sites for hydroxylation is 2. The first-order chi connectivity index (χ1) is 20.7. The fourth-order valence-corrected chi connectivity index (χ4v) is 10.7. The molecule has 0 aliphatic carbocycles. The van der Waals surface area contributed by atoms with Gasteiger partial charge in [-0.25, -0.2) is 0 Å². The molecule has 7 atom stereocenters. The predicted octanol–water partition coefficient (Wildman–Crippen LogP) is 5.53. The number of halogens is 1. The van der Waals surface area contributed by atoms with Crippen molar-refractivity contribution in [1.82, 2.24) is 4.90 Å². The summed E-state index contributed by atoms with van der Waals surface area (Å²) in [7, 11) is 0. The number of hydrogen-bond acceptors (Lipinski definition) is 6. The summed E-state index contributed by atoms with van der Waals surface area (Å²) in [6.45, 7) is 11.7. The maximum atomic E-state index is 15.0. The van der Waals surface area contributed by atoms with E-state index in [2.05, 4.69) is 29.1 Å². The van der Waals surface area contributed by atoms with E-state index in [0.717, 1.165) is 28.8 Å². The first kappa shape index (κ1) is 31.5. The van der Waals surface area contributed by atoms with Gasteiger partial charge in [-0.2, -0.15) is 0 Å². The average molecular weight is 668 g/mol.